The second-order valence-electron chi connectivity index (χ2n) is 11.0. The summed E-state index contributed by atoms with van der Waals surface area (Å²) < 4.78 is 18.3. The first-order valence-electron chi connectivity index (χ1n) is 13.3. The van der Waals surface area contributed by atoms with Gasteiger partial charge in [0.05, 0.1) is 12.2 Å². The van der Waals surface area contributed by atoms with Crippen molar-refractivity contribution in [3.63, 3.8) is 0 Å². The molecule has 2 aliphatic heterocycles. The van der Waals surface area contributed by atoms with Crippen molar-refractivity contribution in [2.24, 2.45) is 23.7 Å². The highest BCUT2D eigenvalue weighted by Crippen LogP contribution is 2.55. The van der Waals surface area contributed by atoms with Gasteiger partial charge in [0.1, 0.15) is 11.7 Å². The third-order valence-electron chi connectivity index (χ3n) is 8.42. The van der Waals surface area contributed by atoms with E-state index in [9.17, 15) is 19.8 Å². The van der Waals surface area contributed by atoms with Gasteiger partial charge in [-0.1, -0.05) is 39.5 Å². The summed E-state index contributed by atoms with van der Waals surface area (Å²) in [5.41, 5.74) is 0.783. The summed E-state index contributed by atoms with van der Waals surface area (Å²) in [6.07, 6.45) is 1.89. The van der Waals surface area contributed by atoms with E-state index in [1.807, 2.05) is 13.8 Å². The van der Waals surface area contributed by atoms with Crippen molar-refractivity contribution in [1.29, 1.82) is 0 Å². The topological polar surface area (TPSA) is 102 Å². The lowest BCUT2D eigenvalue weighted by Gasteiger charge is -2.45. The highest BCUT2D eigenvalue weighted by atomic mass is 16.6. The molecule has 9 atom stereocenters. The predicted molar refractivity (Wildman–Crippen MR) is 132 cm³/mol. The number of aliphatic hydroxyl groups excluding tert-OH is 2. The number of ether oxygens (including phenoxy) is 3. The molecule has 0 aromatic carbocycles. The molecule has 35 heavy (non-hydrogen) atoms. The van der Waals surface area contributed by atoms with Crippen LogP contribution >= 0.6 is 0 Å². The van der Waals surface area contributed by atoms with Crippen LogP contribution in [0, 0.1) is 23.7 Å². The van der Waals surface area contributed by atoms with Crippen molar-refractivity contribution < 1.29 is 34.0 Å². The number of rotatable bonds is 8. The van der Waals surface area contributed by atoms with E-state index in [1.54, 1.807) is 6.92 Å². The van der Waals surface area contributed by atoms with Gasteiger partial charge in [0.25, 0.3) is 0 Å². The Morgan fingerprint density at radius 3 is 2.57 bits per heavy atom. The minimum absolute atomic E-state index is 0.0203. The molecule has 9 unspecified atom stereocenters. The van der Waals surface area contributed by atoms with Gasteiger partial charge in [0, 0.05) is 24.9 Å². The van der Waals surface area contributed by atoms with Crippen molar-refractivity contribution >= 4 is 11.9 Å². The van der Waals surface area contributed by atoms with Gasteiger partial charge in [-0.15, -0.1) is 0 Å². The van der Waals surface area contributed by atoms with Crippen LogP contribution in [0.1, 0.15) is 79.1 Å². The minimum atomic E-state index is -1.05. The summed E-state index contributed by atoms with van der Waals surface area (Å²) >= 11 is 0. The molecule has 1 saturated carbocycles. The molecule has 1 aliphatic carbocycles. The predicted octanol–water partition coefficient (Wildman–Crippen LogP) is 4.11. The van der Waals surface area contributed by atoms with E-state index in [1.165, 1.54) is 0 Å². The van der Waals surface area contributed by atoms with Crippen LogP contribution < -0.4 is 0 Å². The smallest absolute Gasteiger partial charge is 0.348 e. The average Bonchev–Trinajstić information content (AvgIpc) is 3.22. The molecule has 0 aromatic heterocycles. The van der Waals surface area contributed by atoms with Crippen LogP contribution in [0.4, 0.5) is 0 Å². The molecular weight excluding hydrogens is 448 g/mol. The molecule has 3 rings (SSSR count). The summed E-state index contributed by atoms with van der Waals surface area (Å²) in [6, 6.07) is 0. The van der Waals surface area contributed by atoms with Gasteiger partial charge in [-0.2, -0.15) is 0 Å². The monoisotopic (exact) mass is 492 g/mol. The van der Waals surface area contributed by atoms with Gasteiger partial charge in [-0.3, -0.25) is 4.79 Å². The molecule has 2 saturated heterocycles. The Balaban J connectivity index is 1.96. The summed E-state index contributed by atoms with van der Waals surface area (Å²) in [5.74, 6) is -0.692. The van der Waals surface area contributed by atoms with E-state index in [-0.39, 0.29) is 42.8 Å². The van der Waals surface area contributed by atoms with Crippen LogP contribution in [0.25, 0.3) is 0 Å². The Morgan fingerprint density at radius 1 is 1.23 bits per heavy atom. The van der Waals surface area contributed by atoms with Crippen molar-refractivity contribution in [2.75, 3.05) is 6.61 Å². The number of carbonyl (C=O) groups is 2. The van der Waals surface area contributed by atoms with Crippen LogP contribution in [0.2, 0.25) is 0 Å². The van der Waals surface area contributed by atoms with E-state index in [4.69, 9.17) is 14.2 Å². The number of hydrogen-bond donors (Lipinski definition) is 2. The third-order valence-corrected chi connectivity index (χ3v) is 8.42. The standard InChI is InChI=1S/C28H44O7/c1-7-9-23(31)33-21(8-2)27(32)35-28(6)13-12-20(30)17(4)14-22-24-16(3)10-11-19(18(5)15-29)25(24)26(28)34-22/h18-22,24-26,29-30H,3-4,7-15H2,1-2,5-6H3. The van der Waals surface area contributed by atoms with Gasteiger partial charge < -0.3 is 24.4 Å². The first-order chi connectivity index (χ1) is 16.6. The van der Waals surface area contributed by atoms with Crippen LogP contribution in [0.3, 0.4) is 0 Å². The van der Waals surface area contributed by atoms with Crippen molar-refractivity contribution in [1.82, 2.24) is 0 Å². The lowest BCUT2D eigenvalue weighted by molar-refractivity contribution is -0.195. The molecule has 2 heterocycles. The van der Waals surface area contributed by atoms with Gasteiger partial charge in [0.2, 0.25) is 0 Å². The van der Waals surface area contributed by atoms with Crippen LogP contribution in [-0.4, -0.2) is 58.8 Å². The number of hydrogen-bond acceptors (Lipinski definition) is 7. The van der Waals surface area contributed by atoms with Crippen LogP contribution in [0.5, 0.6) is 0 Å². The fourth-order valence-corrected chi connectivity index (χ4v) is 6.35. The molecule has 0 spiro atoms. The molecule has 0 radical (unpaired) electrons. The molecule has 198 valence electrons. The number of esters is 2. The first-order valence-corrected chi connectivity index (χ1v) is 13.3. The van der Waals surface area contributed by atoms with Gasteiger partial charge in [0.15, 0.2) is 6.10 Å². The van der Waals surface area contributed by atoms with Gasteiger partial charge >= 0.3 is 11.9 Å². The molecule has 7 heteroatoms. The van der Waals surface area contributed by atoms with E-state index in [0.717, 1.165) is 24.0 Å². The Morgan fingerprint density at radius 2 is 1.94 bits per heavy atom. The quantitative estimate of drug-likeness (QED) is 0.388. The summed E-state index contributed by atoms with van der Waals surface area (Å²) in [5, 5.41) is 20.8. The highest BCUT2D eigenvalue weighted by Gasteiger charge is 2.59. The van der Waals surface area contributed by atoms with E-state index >= 15 is 0 Å². The van der Waals surface area contributed by atoms with Crippen molar-refractivity contribution in [3.8, 4) is 0 Å². The summed E-state index contributed by atoms with van der Waals surface area (Å²) in [6.45, 7) is 16.2. The summed E-state index contributed by atoms with van der Waals surface area (Å²) in [7, 11) is 0. The molecule has 2 bridgehead atoms. The van der Waals surface area contributed by atoms with Crippen LogP contribution in [-0.2, 0) is 23.8 Å². The molecule has 7 nitrogen and oxygen atoms in total. The molecule has 0 aromatic rings. The Hall–Kier alpha value is -1.70. The van der Waals surface area contributed by atoms with Gasteiger partial charge in [-0.05, 0) is 69.3 Å². The van der Waals surface area contributed by atoms with Gasteiger partial charge in [-0.25, -0.2) is 4.79 Å². The average molecular weight is 493 g/mol. The maximum absolute atomic E-state index is 13.3. The largest absolute Gasteiger partial charge is 0.454 e. The van der Waals surface area contributed by atoms with Crippen molar-refractivity contribution in [2.45, 2.75) is 109 Å². The highest BCUT2D eigenvalue weighted by molar-refractivity contribution is 5.79. The number of fused-ring (bicyclic) bond motifs is 5. The fourth-order valence-electron chi connectivity index (χ4n) is 6.35. The molecule has 3 fully saturated rings. The molecule has 0 amide bonds. The van der Waals surface area contributed by atoms with E-state index < -0.39 is 35.9 Å². The summed E-state index contributed by atoms with van der Waals surface area (Å²) in [4.78, 5) is 25.4. The zero-order valence-corrected chi connectivity index (χ0v) is 21.8. The van der Waals surface area contributed by atoms with Crippen molar-refractivity contribution in [3.05, 3.63) is 24.3 Å². The normalized spacial score (nSPS) is 36.9. The lowest BCUT2D eigenvalue weighted by atomic mass is 9.61. The Labute approximate surface area is 209 Å². The maximum Gasteiger partial charge on any atom is 0.348 e. The second-order valence-corrected chi connectivity index (χ2v) is 11.0. The first kappa shape index (κ1) is 27.9. The third kappa shape index (κ3) is 5.83. The Bertz CT molecular complexity index is 807. The zero-order chi connectivity index (χ0) is 25.9. The number of aliphatic hydroxyl groups is 2. The SMILES string of the molecule is C=C1CC2OC(C3C(C(C)CO)CCC(=C)C23)C(C)(OC(=O)C(CC)OC(=O)CCC)CCC1O. The lowest BCUT2D eigenvalue weighted by Crippen LogP contribution is -2.52. The molecule has 3 aliphatic rings. The fraction of sp³-hybridized carbons (Fsp3) is 0.786. The number of carbonyl (C=O) groups excluding carboxylic acids is 2. The zero-order valence-electron chi connectivity index (χ0n) is 21.8. The maximum atomic E-state index is 13.3. The van der Waals surface area contributed by atoms with Crippen LogP contribution in [0.15, 0.2) is 24.3 Å². The second kappa shape index (κ2) is 11.6. The molecule has 2 N–H and O–H groups in total. The molecular formula is C28H44O7. The Kier molecular flexibility index (Phi) is 9.22. The van der Waals surface area contributed by atoms with E-state index in [2.05, 4.69) is 20.1 Å². The minimum Gasteiger partial charge on any atom is -0.454 e. The van der Waals surface area contributed by atoms with E-state index in [0.29, 0.717) is 32.1 Å².